The van der Waals surface area contributed by atoms with Crippen LogP contribution in [0.3, 0.4) is 0 Å². The molecule has 0 aliphatic rings. The van der Waals surface area contributed by atoms with Gasteiger partial charge in [-0.3, -0.25) is 4.79 Å². The maximum Gasteiger partial charge on any atom is 0.185 e. The predicted molar refractivity (Wildman–Crippen MR) is 37.8 cm³/mol. The van der Waals surface area contributed by atoms with Crippen molar-refractivity contribution in [3.63, 3.8) is 0 Å². The molecule has 0 radical (unpaired) electrons. The van der Waals surface area contributed by atoms with Gasteiger partial charge in [0.15, 0.2) is 12.1 Å². The Hall–Kier alpha value is -1.38. The van der Waals surface area contributed by atoms with E-state index in [1.807, 2.05) is 0 Å². The SMILES string of the molecule is C=CCn1ccnc1C=O. The summed E-state index contributed by atoms with van der Waals surface area (Å²) in [5.74, 6) is 0.444. The molecular weight excluding hydrogens is 128 g/mol. The maximum absolute atomic E-state index is 10.2. The van der Waals surface area contributed by atoms with Gasteiger partial charge in [0.05, 0.1) is 0 Å². The number of carbonyl (C=O) groups is 1. The number of hydrogen-bond acceptors (Lipinski definition) is 2. The van der Waals surface area contributed by atoms with Crippen LogP contribution in [0.1, 0.15) is 10.6 Å². The van der Waals surface area contributed by atoms with E-state index in [9.17, 15) is 4.79 Å². The molecule has 3 heteroatoms. The molecular formula is C7H8N2O. The standard InChI is InChI=1S/C7H8N2O/c1-2-4-9-5-3-8-7(9)6-10/h2-3,5-6H,1,4H2. The smallest absolute Gasteiger partial charge is 0.185 e. The largest absolute Gasteiger partial charge is 0.325 e. The zero-order chi connectivity index (χ0) is 7.40. The van der Waals surface area contributed by atoms with Gasteiger partial charge in [0.25, 0.3) is 0 Å². The van der Waals surface area contributed by atoms with Crippen molar-refractivity contribution in [2.75, 3.05) is 0 Å². The average Bonchev–Trinajstić information content (AvgIpc) is 2.36. The van der Waals surface area contributed by atoms with Crippen LogP contribution in [-0.2, 0) is 6.54 Å². The summed E-state index contributed by atoms with van der Waals surface area (Å²) in [4.78, 5) is 14.0. The molecule has 0 N–H and O–H groups in total. The highest BCUT2D eigenvalue weighted by molar-refractivity contribution is 5.69. The number of imidazole rings is 1. The number of aldehydes is 1. The van der Waals surface area contributed by atoms with E-state index in [2.05, 4.69) is 11.6 Å². The van der Waals surface area contributed by atoms with Crippen LogP contribution in [0, 0.1) is 0 Å². The first kappa shape index (κ1) is 6.74. The van der Waals surface area contributed by atoms with Crippen molar-refractivity contribution in [1.29, 1.82) is 0 Å². The molecule has 1 aromatic heterocycles. The molecule has 10 heavy (non-hydrogen) atoms. The molecule has 0 atom stereocenters. The van der Waals surface area contributed by atoms with Crippen molar-refractivity contribution in [3.8, 4) is 0 Å². The molecule has 3 nitrogen and oxygen atoms in total. The van der Waals surface area contributed by atoms with Crippen LogP contribution in [0.2, 0.25) is 0 Å². The summed E-state index contributed by atoms with van der Waals surface area (Å²) in [6.07, 6.45) is 5.77. The molecule has 0 aliphatic carbocycles. The van der Waals surface area contributed by atoms with Gasteiger partial charge in [-0.2, -0.15) is 0 Å². The molecule has 0 spiro atoms. The van der Waals surface area contributed by atoms with Crippen molar-refractivity contribution >= 4 is 6.29 Å². The second-order valence-corrected chi connectivity index (χ2v) is 1.84. The zero-order valence-corrected chi connectivity index (χ0v) is 5.53. The van der Waals surface area contributed by atoms with Crippen LogP contribution in [0.25, 0.3) is 0 Å². The second-order valence-electron chi connectivity index (χ2n) is 1.84. The van der Waals surface area contributed by atoms with E-state index in [-0.39, 0.29) is 0 Å². The van der Waals surface area contributed by atoms with Crippen molar-refractivity contribution in [3.05, 3.63) is 30.9 Å². The Labute approximate surface area is 59.0 Å². The molecule has 0 unspecified atom stereocenters. The summed E-state index contributed by atoms with van der Waals surface area (Å²) >= 11 is 0. The molecule has 0 aliphatic heterocycles. The Morgan fingerprint density at radius 3 is 3.20 bits per heavy atom. The number of hydrogen-bond donors (Lipinski definition) is 0. The van der Waals surface area contributed by atoms with Gasteiger partial charge >= 0.3 is 0 Å². The third-order valence-corrected chi connectivity index (χ3v) is 1.18. The first-order chi connectivity index (χ1) is 4.88. The lowest BCUT2D eigenvalue weighted by Crippen LogP contribution is -1.98. The monoisotopic (exact) mass is 136 g/mol. The molecule has 0 fully saturated rings. The van der Waals surface area contributed by atoms with Crippen molar-refractivity contribution < 1.29 is 4.79 Å². The molecule has 0 saturated carbocycles. The average molecular weight is 136 g/mol. The number of carbonyl (C=O) groups excluding carboxylic acids is 1. The third kappa shape index (κ3) is 1.13. The summed E-state index contributed by atoms with van der Waals surface area (Å²) in [6, 6.07) is 0. The van der Waals surface area contributed by atoms with Crippen LogP contribution in [0.5, 0.6) is 0 Å². The van der Waals surface area contributed by atoms with E-state index in [4.69, 9.17) is 0 Å². The highest BCUT2D eigenvalue weighted by atomic mass is 16.1. The van der Waals surface area contributed by atoms with E-state index in [0.717, 1.165) is 6.29 Å². The highest BCUT2D eigenvalue weighted by Crippen LogP contribution is 1.92. The Morgan fingerprint density at radius 2 is 2.60 bits per heavy atom. The minimum Gasteiger partial charge on any atom is -0.325 e. The summed E-state index contributed by atoms with van der Waals surface area (Å²) < 4.78 is 1.72. The molecule has 1 aromatic rings. The van der Waals surface area contributed by atoms with E-state index < -0.39 is 0 Å². The Morgan fingerprint density at radius 1 is 1.80 bits per heavy atom. The van der Waals surface area contributed by atoms with E-state index in [1.54, 1.807) is 23.0 Å². The number of aromatic nitrogens is 2. The molecule has 0 saturated heterocycles. The normalized spacial score (nSPS) is 9.20. The summed E-state index contributed by atoms with van der Waals surface area (Å²) in [6.45, 7) is 4.18. The van der Waals surface area contributed by atoms with Gasteiger partial charge in [-0.15, -0.1) is 6.58 Å². The Kier molecular flexibility index (Phi) is 1.99. The fourth-order valence-corrected chi connectivity index (χ4v) is 0.732. The molecule has 0 aromatic carbocycles. The lowest BCUT2D eigenvalue weighted by atomic mass is 10.5. The van der Waals surface area contributed by atoms with Gasteiger partial charge in [-0.05, 0) is 0 Å². The van der Waals surface area contributed by atoms with Crippen LogP contribution >= 0.6 is 0 Å². The fourth-order valence-electron chi connectivity index (χ4n) is 0.732. The first-order valence-corrected chi connectivity index (χ1v) is 2.95. The van der Waals surface area contributed by atoms with Crippen LogP contribution in [0.4, 0.5) is 0 Å². The Balaban J connectivity index is 2.89. The van der Waals surface area contributed by atoms with E-state index in [1.165, 1.54) is 0 Å². The van der Waals surface area contributed by atoms with Gasteiger partial charge in [-0.25, -0.2) is 4.98 Å². The van der Waals surface area contributed by atoms with Crippen molar-refractivity contribution in [2.45, 2.75) is 6.54 Å². The lowest BCUT2D eigenvalue weighted by Gasteiger charge is -1.95. The van der Waals surface area contributed by atoms with Gasteiger partial charge in [0, 0.05) is 18.9 Å². The number of nitrogens with zero attached hydrogens (tertiary/aromatic N) is 2. The van der Waals surface area contributed by atoms with E-state index >= 15 is 0 Å². The van der Waals surface area contributed by atoms with Crippen molar-refractivity contribution in [2.24, 2.45) is 0 Å². The molecule has 52 valence electrons. The molecule has 1 rings (SSSR count). The summed E-state index contributed by atoms with van der Waals surface area (Å²) in [7, 11) is 0. The third-order valence-electron chi connectivity index (χ3n) is 1.18. The molecule has 0 bridgehead atoms. The lowest BCUT2D eigenvalue weighted by molar-refractivity contribution is 0.111. The molecule has 1 heterocycles. The minimum absolute atomic E-state index is 0.444. The highest BCUT2D eigenvalue weighted by Gasteiger charge is 1.95. The van der Waals surface area contributed by atoms with Gasteiger partial charge in [0.1, 0.15) is 0 Å². The summed E-state index contributed by atoms with van der Waals surface area (Å²) in [5, 5.41) is 0. The minimum atomic E-state index is 0.444. The van der Waals surface area contributed by atoms with Gasteiger partial charge < -0.3 is 4.57 Å². The van der Waals surface area contributed by atoms with Gasteiger partial charge in [0.2, 0.25) is 0 Å². The van der Waals surface area contributed by atoms with Crippen LogP contribution in [0.15, 0.2) is 25.0 Å². The number of rotatable bonds is 3. The quantitative estimate of drug-likeness (QED) is 0.456. The Bertz CT molecular complexity index is 240. The van der Waals surface area contributed by atoms with Crippen LogP contribution in [-0.4, -0.2) is 15.8 Å². The zero-order valence-electron chi connectivity index (χ0n) is 5.53. The number of allylic oxidation sites excluding steroid dienone is 1. The first-order valence-electron chi connectivity index (χ1n) is 2.95. The topological polar surface area (TPSA) is 34.9 Å². The van der Waals surface area contributed by atoms with Gasteiger partial charge in [-0.1, -0.05) is 6.08 Å². The maximum atomic E-state index is 10.2. The van der Waals surface area contributed by atoms with E-state index in [0.29, 0.717) is 12.4 Å². The van der Waals surface area contributed by atoms with Crippen LogP contribution < -0.4 is 0 Å². The second kappa shape index (κ2) is 2.96. The fraction of sp³-hybridized carbons (Fsp3) is 0.143. The van der Waals surface area contributed by atoms with Crippen molar-refractivity contribution in [1.82, 2.24) is 9.55 Å². The molecule has 0 amide bonds. The predicted octanol–water partition coefficient (Wildman–Crippen LogP) is 0.882. The summed E-state index contributed by atoms with van der Waals surface area (Å²) in [5.41, 5.74) is 0.